The normalized spacial score (nSPS) is 28.0. The van der Waals surface area contributed by atoms with E-state index >= 15 is 0 Å². The molecule has 2 aliphatic rings. The van der Waals surface area contributed by atoms with Crippen LogP contribution in [0.1, 0.15) is 12.8 Å². The van der Waals surface area contributed by atoms with Crippen molar-refractivity contribution < 1.29 is 18.3 Å². The van der Waals surface area contributed by atoms with Crippen molar-refractivity contribution in [2.24, 2.45) is 5.92 Å². The first kappa shape index (κ1) is 18.3. The lowest BCUT2D eigenvalue weighted by molar-refractivity contribution is -0.0696. The molecule has 0 aliphatic carbocycles. The van der Waals surface area contributed by atoms with Gasteiger partial charge < -0.3 is 14.7 Å². The lowest BCUT2D eigenvalue weighted by Crippen LogP contribution is -2.61. The lowest BCUT2D eigenvalue weighted by Gasteiger charge is -2.49. The molecule has 0 bridgehead atoms. The Balaban J connectivity index is 1.79. The summed E-state index contributed by atoms with van der Waals surface area (Å²) in [6.45, 7) is 1.75. The first-order valence-electron chi connectivity index (χ1n) is 8.28. The smallest absolute Gasteiger partial charge is 0.281 e. The number of ether oxygens (including phenoxy) is 1. The molecule has 1 aromatic rings. The number of anilines is 1. The molecule has 2 unspecified atom stereocenters. The van der Waals surface area contributed by atoms with Crippen molar-refractivity contribution in [1.29, 1.82) is 0 Å². The minimum atomic E-state index is -3.48. The summed E-state index contributed by atoms with van der Waals surface area (Å²) < 4.78 is 32.6. The number of fused-ring (bicyclic) bond motifs is 1. The number of hydrogen-bond acceptors (Lipinski definition) is 7. The maximum atomic E-state index is 12.4. The van der Waals surface area contributed by atoms with Crippen LogP contribution in [0.3, 0.4) is 0 Å². The van der Waals surface area contributed by atoms with Gasteiger partial charge in [0.2, 0.25) is 11.8 Å². The summed E-state index contributed by atoms with van der Waals surface area (Å²) in [6.07, 6.45) is 2.64. The molecule has 2 fully saturated rings. The molecule has 140 valence electrons. The third-order valence-electron chi connectivity index (χ3n) is 5.13. The van der Waals surface area contributed by atoms with Crippen LogP contribution in [0, 0.1) is 5.92 Å². The number of nitrogens with zero attached hydrogens (tertiary/aromatic N) is 5. The zero-order valence-corrected chi connectivity index (χ0v) is 15.6. The Bertz CT molecular complexity index is 728. The van der Waals surface area contributed by atoms with E-state index in [9.17, 15) is 13.5 Å². The molecule has 25 heavy (non-hydrogen) atoms. The molecule has 10 heteroatoms. The van der Waals surface area contributed by atoms with Crippen molar-refractivity contribution in [1.82, 2.24) is 18.6 Å². The van der Waals surface area contributed by atoms with E-state index in [1.165, 1.54) is 22.7 Å². The van der Waals surface area contributed by atoms with Gasteiger partial charge in [0, 0.05) is 58.5 Å². The second-order valence-electron chi connectivity index (χ2n) is 6.79. The number of rotatable bonds is 4. The van der Waals surface area contributed by atoms with Crippen molar-refractivity contribution in [3.05, 3.63) is 12.3 Å². The fourth-order valence-electron chi connectivity index (χ4n) is 3.49. The largest absolute Gasteiger partial charge is 0.481 e. The molecule has 0 radical (unpaired) electrons. The molecular formula is C15H25N5O4S. The standard InChI is InChI=1S/C15H25N5O4S/c1-18(2)25(22,23)20-9-6-15(21)5-8-19(10-12(15)11-20)14-16-7-4-13(17-14)24-3/h4,7,12,21H,5-6,8-11H2,1-3H3. The monoisotopic (exact) mass is 371 g/mol. The SMILES string of the molecule is COc1ccnc(N2CCC3(O)CCN(S(=O)(=O)N(C)C)CC3C2)n1. The number of aromatic nitrogens is 2. The summed E-state index contributed by atoms with van der Waals surface area (Å²) in [4.78, 5) is 10.6. The zero-order chi connectivity index (χ0) is 18.2. The van der Waals surface area contributed by atoms with Gasteiger partial charge in [0.15, 0.2) is 0 Å². The Morgan fingerprint density at radius 1 is 1.32 bits per heavy atom. The van der Waals surface area contributed by atoms with E-state index in [1.54, 1.807) is 19.4 Å². The van der Waals surface area contributed by atoms with Gasteiger partial charge in [-0.3, -0.25) is 0 Å². The molecule has 1 N–H and O–H groups in total. The Morgan fingerprint density at radius 2 is 2.04 bits per heavy atom. The molecule has 0 aromatic carbocycles. The Hall–Kier alpha value is -1.49. The van der Waals surface area contributed by atoms with E-state index in [4.69, 9.17) is 4.74 Å². The highest BCUT2D eigenvalue weighted by Crippen LogP contribution is 2.37. The molecule has 1 aromatic heterocycles. The fourth-order valence-corrected chi connectivity index (χ4v) is 4.64. The van der Waals surface area contributed by atoms with Gasteiger partial charge in [0.25, 0.3) is 10.2 Å². The van der Waals surface area contributed by atoms with E-state index < -0.39 is 15.8 Å². The molecule has 3 heterocycles. The van der Waals surface area contributed by atoms with Gasteiger partial charge in [-0.25, -0.2) is 4.98 Å². The quantitative estimate of drug-likeness (QED) is 0.766. The molecule has 2 aliphatic heterocycles. The molecule has 2 atom stereocenters. The van der Waals surface area contributed by atoms with E-state index in [0.717, 1.165) is 0 Å². The number of aliphatic hydroxyl groups is 1. The summed E-state index contributed by atoms with van der Waals surface area (Å²) in [5, 5.41) is 11.0. The summed E-state index contributed by atoms with van der Waals surface area (Å²) in [5.41, 5.74) is -0.840. The van der Waals surface area contributed by atoms with Crippen LogP contribution in [0.5, 0.6) is 5.88 Å². The van der Waals surface area contributed by atoms with Gasteiger partial charge >= 0.3 is 0 Å². The minimum absolute atomic E-state index is 0.195. The summed E-state index contributed by atoms with van der Waals surface area (Å²) >= 11 is 0. The highest BCUT2D eigenvalue weighted by molar-refractivity contribution is 7.86. The van der Waals surface area contributed by atoms with Crippen LogP contribution in [0.2, 0.25) is 0 Å². The van der Waals surface area contributed by atoms with Crippen molar-refractivity contribution >= 4 is 16.2 Å². The van der Waals surface area contributed by atoms with E-state index in [0.29, 0.717) is 44.3 Å². The second kappa shape index (κ2) is 6.67. The number of hydrogen-bond donors (Lipinski definition) is 1. The van der Waals surface area contributed by atoms with Gasteiger partial charge in [0.1, 0.15) is 0 Å². The van der Waals surface area contributed by atoms with Crippen LogP contribution in [-0.4, -0.2) is 85.1 Å². The number of piperidine rings is 2. The average molecular weight is 371 g/mol. The lowest BCUT2D eigenvalue weighted by atomic mass is 9.76. The Kier molecular flexibility index (Phi) is 4.89. The zero-order valence-electron chi connectivity index (χ0n) is 14.8. The molecule has 2 saturated heterocycles. The maximum absolute atomic E-state index is 12.4. The highest BCUT2D eigenvalue weighted by Gasteiger charge is 2.48. The summed E-state index contributed by atoms with van der Waals surface area (Å²) in [5.74, 6) is 0.819. The summed E-state index contributed by atoms with van der Waals surface area (Å²) in [6, 6.07) is 1.68. The summed E-state index contributed by atoms with van der Waals surface area (Å²) in [7, 11) is 1.11. The molecule has 3 rings (SSSR count). The van der Waals surface area contributed by atoms with Crippen LogP contribution in [0.25, 0.3) is 0 Å². The third kappa shape index (κ3) is 3.43. The van der Waals surface area contributed by atoms with E-state index in [2.05, 4.69) is 9.97 Å². The van der Waals surface area contributed by atoms with Crippen molar-refractivity contribution in [2.45, 2.75) is 18.4 Å². The van der Waals surface area contributed by atoms with Gasteiger partial charge in [0.05, 0.1) is 12.7 Å². The van der Waals surface area contributed by atoms with Gasteiger partial charge in [-0.1, -0.05) is 0 Å². The average Bonchev–Trinajstić information content (AvgIpc) is 2.60. The topological polar surface area (TPSA) is 99.1 Å². The van der Waals surface area contributed by atoms with Crippen LogP contribution < -0.4 is 9.64 Å². The highest BCUT2D eigenvalue weighted by atomic mass is 32.2. The van der Waals surface area contributed by atoms with Crippen molar-refractivity contribution in [3.8, 4) is 5.88 Å². The Morgan fingerprint density at radius 3 is 2.72 bits per heavy atom. The van der Waals surface area contributed by atoms with E-state index in [-0.39, 0.29) is 12.5 Å². The maximum Gasteiger partial charge on any atom is 0.281 e. The minimum Gasteiger partial charge on any atom is -0.481 e. The van der Waals surface area contributed by atoms with Crippen LogP contribution in [0.4, 0.5) is 5.95 Å². The van der Waals surface area contributed by atoms with Crippen LogP contribution in [0.15, 0.2) is 12.3 Å². The third-order valence-corrected chi connectivity index (χ3v) is 7.04. The van der Waals surface area contributed by atoms with Crippen LogP contribution >= 0.6 is 0 Å². The molecule has 0 saturated carbocycles. The molecule has 0 spiro atoms. The van der Waals surface area contributed by atoms with Gasteiger partial charge in [-0.2, -0.15) is 22.0 Å². The van der Waals surface area contributed by atoms with E-state index in [1.807, 2.05) is 4.90 Å². The van der Waals surface area contributed by atoms with Gasteiger partial charge in [-0.15, -0.1) is 0 Å². The first-order valence-corrected chi connectivity index (χ1v) is 9.68. The molecule has 0 amide bonds. The van der Waals surface area contributed by atoms with Crippen molar-refractivity contribution in [2.75, 3.05) is 52.3 Å². The second-order valence-corrected chi connectivity index (χ2v) is 8.94. The number of methoxy groups -OCH3 is 1. The fraction of sp³-hybridized carbons (Fsp3) is 0.733. The Labute approximate surface area is 148 Å². The van der Waals surface area contributed by atoms with Crippen LogP contribution in [-0.2, 0) is 10.2 Å². The predicted octanol–water partition coefficient (Wildman–Crippen LogP) is -0.445. The predicted molar refractivity (Wildman–Crippen MR) is 92.7 cm³/mol. The molecular weight excluding hydrogens is 346 g/mol. The van der Waals surface area contributed by atoms with Crippen molar-refractivity contribution in [3.63, 3.8) is 0 Å². The van der Waals surface area contributed by atoms with Gasteiger partial charge in [-0.05, 0) is 12.8 Å². The first-order chi connectivity index (χ1) is 11.8. The molecule has 9 nitrogen and oxygen atoms in total.